The Balaban J connectivity index is 1.72. The molecule has 2 nitrogen and oxygen atoms in total. The summed E-state index contributed by atoms with van der Waals surface area (Å²) in [4.78, 5) is 0. The van der Waals surface area contributed by atoms with Crippen LogP contribution >= 0.6 is 0 Å². The van der Waals surface area contributed by atoms with Crippen LogP contribution in [0.25, 0.3) is 0 Å². The zero-order chi connectivity index (χ0) is 13.6. The second-order valence-corrected chi connectivity index (χ2v) is 7.07. The molecule has 0 unspecified atom stereocenters. The quantitative estimate of drug-likeness (QED) is 0.682. The molecule has 0 spiro atoms. The Morgan fingerprint density at radius 1 is 1.11 bits per heavy atom. The summed E-state index contributed by atoms with van der Waals surface area (Å²) in [5.74, 6) is 1.89. The standard InChI is InChI=1S/C17H33NO/c1-3-4-5-15-8-10-17(11-9-15,13-18-2)14-19-12-16-6-7-16/h15-16,18H,3-14H2,1-2H3. The molecule has 0 aliphatic heterocycles. The van der Waals surface area contributed by atoms with Crippen molar-refractivity contribution in [3.63, 3.8) is 0 Å². The van der Waals surface area contributed by atoms with Gasteiger partial charge in [-0.2, -0.15) is 0 Å². The number of nitrogens with one attached hydrogen (secondary N) is 1. The van der Waals surface area contributed by atoms with E-state index in [9.17, 15) is 0 Å². The molecule has 2 aliphatic carbocycles. The molecule has 2 saturated carbocycles. The van der Waals surface area contributed by atoms with Crippen molar-refractivity contribution in [2.24, 2.45) is 17.3 Å². The Bertz CT molecular complexity index is 242. The summed E-state index contributed by atoms with van der Waals surface area (Å²) in [6.07, 6.45) is 12.6. The highest BCUT2D eigenvalue weighted by molar-refractivity contribution is 4.87. The van der Waals surface area contributed by atoms with Crippen molar-refractivity contribution < 1.29 is 4.74 Å². The Kier molecular flexibility index (Phi) is 6.15. The third kappa shape index (κ3) is 5.07. The number of ether oxygens (including phenoxy) is 1. The lowest BCUT2D eigenvalue weighted by atomic mass is 9.70. The Morgan fingerprint density at radius 3 is 2.42 bits per heavy atom. The van der Waals surface area contributed by atoms with E-state index in [1.807, 2.05) is 0 Å². The fourth-order valence-corrected chi connectivity index (χ4v) is 3.55. The van der Waals surface area contributed by atoms with Gasteiger partial charge in [0.2, 0.25) is 0 Å². The van der Waals surface area contributed by atoms with Crippen LogP contribution in [0.1, 0.15) is 64.7 Å². The molecule has 0 heterocycles. The van der Waals surface area contributed by atoms with Crippen LogP contribution in [0.15, 0.2) is 0 Å². The fraction of sp³-hybridized carbons (Fsp3) is 1.00. The molecular weight excluding hydrogens is 234 g/mol. The van der Waals surface area contributed by atoms with Crippen LogP contribution in [0.5, 0.6) is 0 Å². The molecule has 2 rings (SSSR count). The predicted molar refractivity (Wildman–Crippen MR) is 81.4 cm³/mol. The molecule has 19 heavy (non-hydrogen) atoms. The van der Waals surface area contributed by atoms with Gasteiger partial charge >= 0.3 is 0 Å². The van der Waals surface area contributed by atoms with Crippen LogP contribution in [-0.2, 0) is 4.74 Å². The first kappa shape index (κ1) is 15.3. The van der Waals surface area contributed by atoms with Gasteiger partial charge < -0.3 is 10.1 Å². The van der Waals surface area contributed by atoms with Gasteiger partial charge in [-0.3, -0.25) is 0 Å². The zero-order valence-corrected chi connectivity index (χ0v) is 13.0. The summed E-state index contributed by atoms with van der Waals surface area (Å²) in [6, 6.07) is 0. The fourth-order valence-electron chi connectivity index (χ4n) is 3.55. The molecule has 0 atom stereocenters. The monoisotopic (exact) mass is 267 g/mol. The summed E-state index contributed by atoms with van der Waals surface area (Å²) in [6.45, 7) is 5.45. The molecule has 0 amide bonds. The van der Waals surface area contributed by atoms with Crippen LogP contribution in [0.2, 0.25) is 0 Å². The van der Waals surface area contributed by atoms with E-state index < -0.39 is 0 Å². The Labute approximate surface area is 119 Å². The predicted octanol–water partition coefficient (Wildman–Crippen LogP) is 4.00. The second-order valence-electron chi connectivity index (χ2n) is 7.07. The highest BCUT2D eigenvalue weighted by Gasteiger charge is 2.35. The lowest BCUT2D eigenvalue weighted by Gasteiger charge is -2.40. The third-order valence-corrected chi connectivity index (χ3v) is 5.14. The largest absolute Gasteiger partial charge is 0.381 e. The van der Waals surface area contributed by atoms with Gasteiger partial charge in [-0.25, -0.2) is 0 Å². The third-order valence-electron chi connectivity index (χ3n) is 5.14. The van der Waals surface area contributed by atoms with E-state index in [-0.39, 0.29) is 0 Å². The van der Waals surface area contributed by atoms with Gasteiger partial charge in [-0.05, 0) is 57.4 Å². The van der Waals surface area contributed by atoms with Crippen molar-refractivity contribution in [3.8, 4) is 0 Å². The van der Waals surface area contributed by atoms with E-state index in [4.69, 9.17) is 4.74 Å². The van der Waals surface area contributed by atoms with Crippen molar-refractivity contribution in [1.82, 2.24) is 5.32 Å². The molecule has 112 valence electrons. The zero-order valence-electron chi connectivity index (χ0n) is 13.0. The molecular formula is C17H33NO. The normalized spacial score (nSPS) is 31.6. The van der Waals surface area contributed by atoms with Gasteiger partial charge in [-0.15, -0.1) is 0 Å². The topological polar surface area (TPSA) is 21.3 Å². The lowest BCUT2D eigenvalue weighted by Crippen LogP contribution is -2.40. The molecule has 2 heteroatoms. The van der Waals surface area contributed by atoms with Gasteiger partial charge in [0.25, 0.3) is 0 Å². The number of hydrogen-bond donors (Lipinski definition) is 1. The molecule has 1 N–H and O–H groups in total. The number of rotatable bonds is 9. The molecule has 2 fully saturated rings. The molecule has 2 aliphatic rings. The Morgan fingerprint density at radius 2 is 1.84 bits per heavy atom. The summed E-state index contributed by atoms with van der Waals surface area (Å²) in [5, 5.41) is 3.41. The van der Waals surface area contributed by atoms with Crippen LogP contribution in [0.3, 0.4) is 0 Å². The van der Waals surface area contributed by atoms with Crippen LogP contribution in [0.4, 0.5) is 0 Å². The van der Waals surface area contributed by atoms with E-state index >= 15 is 0 Å². The summed E-state index contributed by atoms with van der Waals surface area (Å²) in [7, 11) is 2.09. The minimum Gasteiger partial charge on any atom is -0.381 e. The summed E-state index contributed by atoms with van der Waals surface area (Å²) in [5.41, 5.74) is 0.437. The summed E-state index contributed by atoms with van der Waals surface area (Å²) >= 11 is 0. The smallest absolute Gasteiger partial charge is 0.0534 e. The van der Waals surface area contributed by atoms with Gasteiger partial charge in [0.15, 0.2) is 0 Å². The molecule has 0 saturated heterocycles. The van der Waals surface area contributed by atoms with Crippen molar-refractivity contribution in [1.29, 1.82) is 0 Å². The van der Waals surface area contributed by atoms with E-state index in [1.165, 1.54) is 57.8 Å². The van der Waals surface area contributed by atoms with Gasteiger partial charge in [0, 0.05) is 18.6 Å². The molecule has 0 radical (unpaired) electrons. The second kappa shape index (κ2) is 7.64. The average molecular weight is 267 g/mol. The molecule has 0 bridgehead atoms. The Hall–Kier alpha value is -0.0800. The van der Waals surface area contributed by atoms with E-state index in [1.54, 1.807) is 0 Å². The SMILES string of the molecule is CCCCC1CCC(CNC)(COCC2CC2)CC1. The molecule has 0 aromatic heterocycles. The maximum atomic E-state index is 6.03. The maximum Gasteiger partial charge on any atom is 0.0534 e. The highest BCUT2D eigenvalue weighted by Crippen LogP contribution is 2.41. The van der Waals surface area contributed by atoms with Gasteiger partial charge in [0.1, 0.15) is 0 Å². The van der Waals surface area contributed by atoms with E-state index in [2.05, 4.69) is 19.3 Å². The minimum absolute atomic E-state index is 0.437. The molecule has 0 aromatic rings. The molecule has 0 aromatic carbocycles. The highest BCUT2D eigenvalue weighted by atomic mass is 16.5. The maximum absolute atomic E-state index is 6.03. The van der Waals surface area contributed by atoms with Crippen molar-refractivity contribution >= 4 is 0 Å². The first-order valence-electron chi connectivity index (χ1n) is 8.50. The lowest BCUT2D eigenvalue weighted by molar-refractivity contribution is 0.00656. The van der Waals surface area contributed by atoms with Crippen molar-refractivity contribution in [2.45, 2.75) is 64.7 Å². The first-order valence-corrected chi connectivity index (χ1v) is 8.50. The summed E-state index contributed by atoms with van der Waals surface area (Å²) < 4.78 is 6.03. The minimum atomic E-state index is 0.437. The van der Waals surface area contributed by atoms with Crippen molar-refractivity contribution in [2.75, 3.05) is 26.8 Å². The van der Waals surface area contributed by atoms with E-state index in [0.717, 1.165) is 31.6 Å². The van der Waals surface area contributed by atoms with Gasteiger partial charge in [-0.1, -0.05) is 26.2 Å². The van der Waals surface area contributed by atoms with Crippen molar-refractivity contribution in [3.05, 3.63) is 0 Å². The van der Waals surface area contributed by atoms with Crippen LogP contribution in [0, 0.1) is 17.3 Å². The van der Waals surface area contributed by atoms with Crippen LogP contribution < -0.4 is 5.32 Å². The van der Waals surface area contributed by atoms with Gasteiger partial charge in [0.05, 0.1) is 6.61 Å². The number of unbranched alkanes of at least 4 members (excludes halogenated alkanes) is 1. The van der Waals surface area contributed by atoms with E-state index in [0.29, 0.717) is 5.41 Å². The average Bonchev–Trinajstić information content (AvgIpc) is 3.23. The first-order chi connectivity index (χ1) is 9.28. The van der Waals surface area contributed by atoms with Crippen LogP contribution in [-0.4, -0.2) is 26.8 Å². The number of hydrogen-bond acceptors (Lipinski definition) is 2.